The summed E-state index contributed by atoms with van der Waals surface area (Å²) in [7, 11) is -1.81. The molecule has 18 heavy (non-hydrogen) atoms. The topological polar surface area (TPSA) is 63.4 Å². The Morgan fingerprint density at radius 1 is 1.28 bits per heavy atom. The molecule has 102 valence electrons. The van der Waals surface area contributed by atoms with E-state index in [9.17, 15) is 8.42 Å². The number of rotatable bonds is 5. The minimum Gasteiger partial charge on any atom is -0.399 e. The number of thioether (sulfide) groups is 1. The maximum absolute atomic E-state index is 12.5. The van der Waals surface area contributed by atoms with Crippen molar-refractivity contribution in [3.8, 4) is 0 Å². The van der Waals surface area contributed by atoms with Gasteiger partial charge in [-0.05, 0) is 43.4 Å². The molecule has 0 heterocycles. The molecule has 0 saturated carbocycles. The van der Waals surface area contributed by atoms with Gasteiger partial charge >= 0.3 is 0 Å². The summed E-state index contributed by atoms with van der Waals surface area (Å²) in [4.78, 5) is 0.375. The minimum absolute atomic E-state index is 0.375. The second-order valence-electron chi connectivity index (χ2n) is 4.30. The van der Waals surface area contributed by atoms with Gasteiger partial charge < -0.3 is 5.73 Å². The number of benzene rings is 1. The maximum Gasteiger partial charge on any atom is 0.243 e. The fourth-order valence-electron chi connectivity index (χ4n) is 1.89. The Hall–Kier alpha value is -0.720. The first-order valence-corrected chi connectivity index (χ1v) is 8.46. The van der Waals surface area contributed by atoms with E-state index in [1.165, 1.54) is 4.31 Å². The Balaban J connectivity index is 3.20. The summed E-state index contributed by atoms with van der Waals surface area (Å²) < 4.78 is 26.3. The lowest BCUT2D eigenvalue weighted by Crippen LogP contribution is -2.30. The predicted octanol–water partition coefficient (Wildman–Crippen LogP) is 1.87. The maximum atomic E-state index is 12.5. The number of nitrogen functional groups attached to an aromatic ring is 1. The average molecular weight is 288 g/mol. The van der Waals surface area contributed by atoms with Crippen LogP contribution < -0.4 is 5.73 Å². The van der Waals surface area contributed by atoms with Crippen molar-refractivity contribution in [3.63, 3.8) is 0 Å². The van der Waals surface area contributed by atoms with E-state index in [0.29, 0.717) is 28.3 Å². The Morgan fingerprint density at radius 2 is 1.78 bits per heavy atom. The van der Waals surface area contributed by atoms with Crippen molar-refractivity contribution >= 4 is 27.5 Å². The van der Waals surface area contributed by atoms with E-state index < -0.39 is 10.0 Å². The van der Waals surface area contributed by atoms with E-state index in [-0.39, 0.29) is 0 Å². The zero-order valence-electron chi connectivity index (χ0n) is 11.2. The summed E-state index contributed by atoms with van der Waals surface area (Å²) in [6.07, 6.45) is 1.96. The molecule has 0 spiro atoms. The number of anilines is 1. The van der Waals surface area contributed by atoms with Crippen LogP contribution in [0.25, 0.3) is 0 Å². The summed E-state index contributed by atoms with van der Waals surface area (Å²) in [5, 5.41) is 0. The van der Waals surface area contributed by atoms with Gasteiger partial charge in [-0.25, -0.2) is 12.7 Å². The van der Waals surface area contributed by atoms with E-state index >= 15 is 0 Å². The van der Waals surface area contributed by atoms with E-state index in [4.69, 9.17) is 5.73 Å². The number of sulfonamides is 1. The van der Waals surface area contributed by atoms with Crippen molar-refractivity contribution in [1.29, 1.82) is 0 Å². The fraction of sp³-hybridized carbons (Fsp3) is 0.500. The predicted molar refractivity (Wildman–Crippen MR) is 78.5 cm³/mol. The van der Waals surface area contributed by atoms with E-state index in [1.807, 2.05) is 6.26 Å². The quantitative estimate of drug-likeness (QED) is 0.840. The lowest BCUT2D eigenvalue weighted by atomic mass is 10.1. The molecule has 1 rings (SSSR count). The highest BCUT2D eigenvalue weighted by atomic mass is 32.2. The van der Waals surface area contributed by atoms with Gasteiger partial charge in [0.1, 0.15) is 0 Å². The highest BCUT2D eigenvalue weighted by molar-refractivity contribution is 7.98. The van der Waals surface area contributed by atoms with Crippen LogP contribution in [0, 0.1) is 13.8 Å². The van der Waals surface area contributed by atoms with Gasteiger partial charge in [-0.2, -0.15) is 11.8 Å². The van der Waals surface area contributed by atoms with Gasteiger partial charge in [0.15, 0.2) is 0 Å². The van der Waals surface area contributed by atoms with Gasteiger partial charge in [0.25, 0.3) is 0 Å². The monoisotopic (exact) mass is 288 g/mol. The minimum atomic E-state index is -3.42. The van der Waals surface area contributed by atoms with Crippen LogP contribution in [-0.2, 0) is 10.0 Å². The SMILES string of the molecule is CSCCN(C)S(=O)(=O)c1c(C)cc(N)cc1C. The standard InChI is InChI=1S/C12H20N2O2S2/c1-9-7-11(13)8-10(2)12(9)18(15,16)14(3)5-6-17-4/h7-8H,5-6,13H2,1-4H3. The zero-order valence-corrected chi connectivity index (χ0v) is 12.9. The first kappa shape index (κ1) is 15.3. The lowest BCUT2D eigenvalue weighted by Gasteiger charge is -2.20. The van der Waals surface area contributed by atoms with Crippen molar-refractivity contribution in [1.82, 2.24) is 4.31 Å². The van der Waals surface area contributed by atoms with Crippen molar-refractivity contribution < 1.29 is 8.42 Å². The van der Waals surface area contributed by atoms with Crippen molar-refractivity contribution in [3.05, 3.63) is 23.3 Å². The highest BCUT2D eigenvalue weighted by Gasteiger charge is 2.24. The lowest BCUT2D eigenvalue weighted by molar-refractivity contribution is 0.487. The number of nitrogens with two attached hydrogens (primary N) is 1. The van der Waals surface area contributed by atoms with Gasteiger partial charge in [-0.3, -0.25) is 0 Å². The van der Waals surface area contributed by atoms with Crippen molar-refractivity contribution in [2.24, 2.45) is 0 Å². The molecule has 0 aliphatic carbocycles. The van der Waals surface area contributed by atoms with Crippen LogP contribution in [0.2, 0.25) is 0 Å². The third-order valence-electron chi connectivity index (χ3n) is 2.76. The smallest absolute Gasteiger partial charge is 0.243 e. The summed E-state index contributed by atoms with van der Waals surface area (Å²) in [5.74, 6) is 0.781. The van der Waals surface area contributed by atoms with Crippen LogP contribution in [0.15, 0.2) is 17.0 Å². The van der Waals surface area contributed by atoms with Crippen LogP contribution in [0.3, 0.4) is 0 Å². The number of aryl methyl sites for hydroxylation is 2. The molecule has 0 atom stereocenters. The molecule has 0 fully saturated rings. The first-order chi connectivity index (χ1) is 8.30. The van der Waals surface area contributed by atoms with Crippen molar-refractivity contribution in [2.45, 2.75) is 18.7 Å². The molecule has 0 radical (unpaired) electrons. The zero-order chi connectivity index (χ0) is 13.9. The van der Waals surface area contributed by atoms with E-state index in [1.54, 1.807) is 44.8 Å². The molecule has 0 aromatic heterocycles. The van der Waals surface area contributed by atoms with Crippen LogP contribution in [0.4, 0.5) is 5.69 Å². The molecule has 0 aliphatic rings. The fourth-order valence-corrected chi connectivity index (χ4v) is 4.03. The molecule has 0 aliphatic heterocycles. The summed E-state index contributed by atoms with van der Waals surface area (Å²) in [6.45, 7) is 4.06. The van der Waals surface area contributed by atoms with E-state index in [2.05, 4.69) is 0 Å². The largest absolute Gasteiger partial charge is 0.399 e. The molecular formula is C12H20N2O2S2. The summed E-state index contributed by atoms with van der Waals surface area (Å²) in [5.41, 5.74) is 7.70. The number of hydrogen-bond donors (Lipinski definition) is 1. The van der Waals surface area contributed by atoms with Gasteiger partial charge in [-0.15, -0.1) is 0 Å². The first-order valence-electron chi connectivity index (χ1n) is 5.62. The van der Waals surface area contributed by atoms with Crippen molar-refractivity contribution in [2.75, 3.05) is 31.3 Å². The number of nitrogens with zero attached hydrogens (tertiary/aromatic N) is 1. The van der Waals surface area contributed by atoms with Crippen LogP contribution >= 0.6 is 11.8 Å². The normalized spacial score (nSPS) is 12.1. The van der Waals surface area contributed by atoms with Gasteiger partial charge in [0, 0.05) is 25.0 Å². The molecule has 0 amide bonds. The highest BCUT2D eigenvalue weighted by Crippen LogP contribution is 2.25. The van der Waals surface area contributed by atoms with Gasteiger partial charge in [0.2, 0.25) is 10.0 Å². The molecule has 4 nitrogen and oxygen atoms in total. The van der Waals surface area contributed by atoms with Gasteiger partial charge in [-0.1, -0.05) is 0 Å². The summed E-state index contributed by atoms with van der Waals surface area (Å²) in [6, 6.07) is 3.39. The summed E-state index contributed by atoms with van der Waals surface area (Å²) >= 11 is 1.63. The van der Waals surface area contributed by atoms with Crippen LogP contribution in [0.5, 0.6) is 0 Å². The molecule has 0 saturated heterocycles. The van der Waals surface area contributed by atoms with Gasteiger partial charge in [0.05, 0.1) is 4.90 Å². The molecule has 1 aromatic carbocycles. The second kappa shape index (κ2) is 5.95. The Kier molecular flexibility index (Phi) is 5.07. The van der Waals surface area contributed by atoms with Crippen LogP contribution in [-0.4, -0.2) is 38.3 Å². The van der Waals surface area contributed by atoms with E-state index in [0.717, 1.165) is 5.75 Å². The molecule has 0 bridgehead atoms. The number of hydrogen-bond acceptors (Lipinski definition) is 4. The molecule has 6 heteroatoms. The molecule has 0 unspecified atom stereocenters. The third-order valence-corrected chi connectivity index (χ3v) is 5.52. The third kappa shape index (κ3) is 3.18. The molecule has 1 aromatic rings. The van der Waals surface area contributed by atoms with Crippen LogP contribution in [0.1, 0.15) is 11.1 Å². The Labute approximate surface area is 114 Å². The second-order valence-corrected chi connectivity index (χ2v) is 7.27. The Morgan fingerprint density at radius 3 is 2.22 bits per heavy atom. The molecular weight excluding hydrogens is 268 g/mol. The Bertz CT molecular complexity index is 504. The average Bonchev–Trinajstić information content (AvgIpc) is 2.23. The molecule has 2 N–H and O–H groups in total.